The van der Waals surface area contributed by atoms with Crippen LogP contribution in [-0.2, 0) is 0 Å². The Kier molecular flexibility index (Phi) is 4.44. The molecule has 5 heteroatoms. The summed E-state index contributed by atoms with van der Waals surface area (Å²) in [6, 6.07) is 7.37. The lowest BCUT2D eigenvalue weighted by molar-refractivity contribution is 0.102. The molecule has 0 spiro atoms. The maximum atomic E-state index is 12.0. The number of amides is 1. The lowest BCUT2D eigenvalue weighted by atomic mass is 10.2. The summed E-state index contributed by atoms with van der Waals surface area (Å²) in [5, 5.41) is 5.99. The van der Waals surface area contributed by atoms with Gasteiger partial charge in [-0.15, -0.1) is 0 Å². The summed E-state index contributed by atoms with van der Waals surface area (Å²) in [6.07, 6.45) is 5.60. The Morgan fingerprint density at radius 3 is 2.42 bits per heavy atom. The van der Waals surface area contributed by atoms with Crippen LogP contribution >= 0.6 is 0 Å². The van der Waals surface area contributed by atoms with Gasteiger partial charge in [0, 0.05) is 17.8 Å². The molecule has 5 nitrogen and oxygen atoms in total. The number of anilines is 2. The Labute approximate surface area is 112 Å². The van der Waals surface area contributed by atoms with Crippen molar-refractivity contribution in [1.29, 1.82) is 0 Å². The number of nitrogens with one attached hydrogen (secondary N) is 2. The molecule has 0 radical (unpaired) electrons. The Hall–Kier alpha value is -2.43. The van der Waals surface area contributed by atoms with Crippen LogP contribution in [0.15, 0.2) is 43.0 Å². The van der Waals surface area contributed by atoms with Crippen LogP contribution in [0.5, 0.6) is 0 Å². The molecular formula is C14H16N4O. The lowest BCUT2D eigenvalue weighted by Crippen LogP contribution is -2.12. The standard InChI is InChI=1S/C14H16N4O/c1-2-7-17-12-5-3-11(4-6-12)14(19)18-13-8-15-10-16-9-13/h3-6,8-10,17H,2,7H2,1H3,(H,18,19). The molecule has 1 aromatic heterocycles. The van der Waals surface area contributed by atoms with Crippen molar-refractivity contribution < 1.29 is 4.79 Å². The van der Waals surface area contributed by atoms with Gasteiger partial charge in [0.2, 0.25) is 0 Å². The van der Waals surface area contributed by atoms with E-state index in [1.165, 1.54) is 6.33 Å². The van der Waals surface area contributed by atoms with Gasteiger partial charge in [0.15, 0.2) is 0 Å². The van der Waals surface area contributed by atoms with Crippen LogP contribution in [-0.4, -0.2) is 22.4 Å². The van der Waals surface area contributed by atoms with Gasteiger partial charge in [-0.25, -0.2) is 9.97 Å². The van der Waals surface area contributed by atoms with Crippen LogP contribution in [0.4, 0.5) is 11.4 Å². The van der Waals surface area contributed by atoms with E-state index in [4.69, 9.17) is 0 Å². The molecule has 2 N–H and O–H groups in total. The third-order valence-corrected chi connectivity index (χ3v) is 2.54. The zero-order chi connectivity index (χ0) is 13.5. The summed E-state index contributed by atoms with van der Waals surface area (Å²) >= 11 is 0. The number of carbonyl (C=O) groups is 1. The molecule has 0 fully saturated rings. The molecule has 0 aliphatic carbocycles. The summed E-state index contributed by atoms with van der Waals surface area (Å²) < 4.78 is 0. The van der Waals surface area contributed by atoms with Crippen molar-refractivity contribution in [3.8, 4) is 0 Å². The van der Waals surface area contributed by atoms with Crippen LogP contribution < -0.4 is 10.6 Å². The normalized spacial score (nSPS) is 9.95. The molecule has 19 heavy (non-hydrogen) atoms. The van der Waals surface area contributed by atoms with Crippen molar-refractivity contribution in [2.75, 3.05) is 17.2 Å². The van der Waals surface area contributed by atoms with Gasteiger partial charge in [-0.2, -0.15) is 0 Å². The monoisotopic (exact) mass is 256 g/mol. The summed E-state index contributed by atoms with van der Waals surface area (Å²) in [5.41, 5.74) is 2.20. The van der Waals surface area contributed by atoms with Crippen molar-refractivity contribution in [2.24, 2.45) is 0 Å². The van der Waals surface area contributed by atoms with Crippen LogP contribution in [0.1, 0.15) is 23.7 Å². The van der Waals surface area contributed by atoms with Crippen molar-refractivity contribution in [3.63, 3.8) is 0 Å². The first-order chi connectivity index (χ1) is 9.29. The van der Waals surface area contributed by atoms with Crippen LogP contribution in [0.2, 0.25) is 0 Å². The van der Waals surface area contributed by atoms with E-state index in [2.05, 4.69) is 27.5 Å². The van der Waals surface area contributed by atoms with Gasteiger partial charge in [0.05, 0.1) is 18.1 Å². The van der Waals surface area contributed by atoms with E-state index in [1.807, 2.05) is 12.1 Å². The van der Waals surface area contributed by atoms with Gasteiger partial charge < -0.3 is 10.6 Å². The largest absolute Gasteiger partial charge is 0.385 e. The zero-order valence-corrected chi connectivity index (χ0v) is 10.8. The van der Waals surface area contributed by atoms with Crippen LogP contribution in [0.3, 0.4) is 0 Å². The van der Waals surface area contributed by atoms with E-state index in [1.54, 1.807) is 24.5 Å². The summed E-state index contributed by atoms with van der Waals surface area (Å²) in [7, 11) is 0. The van der Waals surface area contributed by atoms with Crippen LogP contribution in [0.25, 0.3) is 0 Å². The van der Waals surface area contributed by atoms with E-state index >= 15 is 0 Å². The molecule has 0 saturated carbocycles. The summed E-state index contributed by atoms with van der Waals surface area (Å²) in [5.74, 6) is -0.170. The highest BCUT2D eigenvalue weighted by atomic mass is 16.1. The van der Waals surface area contributed by atoms with Crippen molar-refractivity contribution >= 4 is 17.3 Å². The van der Waals surface area contributed by atoms with Crippen molar-refractivity contribution in [3.05, 3.63) is 48.5 Å². The predicted molar refractivity (Wildman–Crippen MR) is 75.2 cm³/mol. The second-order valence-electron chi connectivity index (χ2n) is 4.09. The zero-order valence-electron chi connectivity index (χ0n) is 10.8. The molecule has 1 aromatic carbocycles. The number of benzene rings is 1. The van der Waals surface area contributed by atoms with Gasteiger partial charge in [0.25, 0.3) is 5.91 Å². The molecule has 0 bridgehead atoms. The Bertz CT molecular complexity index is 525. The lowest BCUT2D eigenvalue weighted by Gasteiger charge is -2.07. The minimum absolute atomic E-state index is 0.170. The Morgan fingerprint density at radius 1 is 1.11 bits per heavy atom. The molecule has 1 amide bonds. The number of aromatic nitrogens is 2. The van der Waals surface area contributed by atoms with Gasteiger partial charge >= 0.3 is 0 Å². The van der Waals surface area contributed by atoms with Gasteiger partial charge in [0.1, 0.15) is 6.33 Å². The predicted octanol–water partition coefficient (Wildman–Crippen LogP) is 2.55. The quantitative estimate of drug-likeness (QED) is 0.862. The third kappa shape index (κ3) is 3.77. The molecule has 0 unspecified atom stereocenters. The average molecular weight is 256 g/mol. The SMILES string of the molecule is CCCNc1ccc(C(=O)Nc2cncnc2)cc1. The Morgan fingerprint density at radius 2 is 1.79 bits per heavy atom. The highest BCUT2D eigenvalue weighted by Gasteiger charge is 2.05. The number of carbonyl (C=O) groups excluding carboxylic acids is 1. The fourth-order valence-electron chi connectivity index (χ4n) is 1.58. The fourth-order valence-corrected chi connectivity index (χ4v) is 1.58. The maximum Gasteiger partial charge on any atom is 0.255 e. The first-order valence-electron chi connectivity index (χ1n) is 6.20. The number of nitrogens with zero attached hydrogens (tertiary/aromatic N) is 2. The van der Waals surface area contributed by atoms with Crippen molar-refractivity contribution in [1.82, 2.24) is 9.97 Å². The number of rotatable bonds is 5. The summed E-state index contributed by atoms with van der Waals surface area (Å²) in [4.78, 5) is 19.6. The topological polar surface area (TPSA) is 66.9 Å². The minimum Gasteiger partial charge on any atom is -0.385 e. The maximum absolute atomic E-state index is 12.0. The van der Waals surface area contributed by atoms with Gasteiger partial charge in [-0.1, -0.05) is 6.92 Å². The molecular weight excluding hydrogens is 240 g/mol. The number of hydrogen-bond donors (Lipinski definition) is 2. The van der Waals surface area contributed by atoms with E-state index in [0.717, 1.165) is 18.7 Å². The van der Waals surface area contributed by atoms with E-state index < -0.39 is 0 Å². The molecule has 0 atom stereocenters. The van der Waals surface area contributed by atoms with E-state index in [9.17, 15) is 4.79 Å². The number of hydrogen-bond acceptors (Lipinski definition) is 4. The van der Waals surface area contributed by atoms with Gasteiger partial charge in [-0.05, 0) is 30.7 Å². The molecule has 0 saturated heterocycles. The highest BCUT2D eigenvalue weighted by molar-refractivity contribution is 6.04. The van der Waals surface area contributed by atoms with E-state index in [0.29, 0.717) is 11.3 Å². The van der Waals surface area contributed by atoms with Crippen LogP contribution in [0, 0.1) is 0 Å². The first-order valence-corrected chi connectivity index (χ1v) is 6.20. The van der Waals surface area contributed by atoms with Crippen molar-refractivity contribution in [2.45, 2.75) is 13.3 Å². The average Bonchev–Trinajstić information content (AvgIpc) is 2.46. The molecule has 0 aliphatic rings. The Balaban J connectivity index is 1.99. The smallest absolute Gasteiger partial charge is 0.255 e. The molecule has 2 aromatic rings. The van der Waals surface area contributed by atoms with E-state index in [-0.39, 0.29) is 5.91 Å². The molecule has 2 rings (SSSR count). The van der Waals surface area contributed by atoms with Gasteiger partial charge in [-0.3, -0.25) is 4.79 Å². The molecule has 1 heterocycles. The second kappa shape index (κ2) is 6.49. The molecule has 98 valence electrons. The fraction of sp³-hybridized carbons (Fsp3) is 0.214. The minimum atomic E-state index is -0.170. The third-order valence-electron chi connectivity index (χ3n) is 2.54. The second-order valence-corrected chi connectivity index (χ2v) is 4.09. The highest BCUT2D eigenvalue weighted by Crippen LogP contribution is 2.11. The molecule has 0 aliphatic heterocycles. The summed E-state index contributed by atoms with van der Waals surface area (Å²) in [6.45, 7) is 3.03. The first kappa shape index (κ1) is 13.0.